The zero-order chi connectivity index (χ0) is 15.1. The van der Waals surface area contributed by atoms with Crippen molar-refractivity contribution < 1.29 is 5.11 Å². The molecule has 0 saturated carbocycles. The van der Waals surface area contributed by atoms with E-state index in [1.807, 2.05) is 30.5 Å². The number of piperidine rings is 3. The summed E-state index contributed by atoms with van der Waals surface area (Å²) < 4.78 is 0. The SMILES string of the molecule is C=C[C@@H]1CN2CCC1C[C@@H]2[C@@H](O)c1ccnc2ccccc12.Cl.Cl. The van der Waals surface area contributed by atoms with E-state index in [1.165, 1.54) is 6.42 Å². The molecule has 3 saturated heterocycles. The maximum atomic E-state index is 11.0. The van der Waals surface area contributed by atoms with Gasteiger partial charge in [0.1, 0.15) is 0 Å². The summed E-state index contributed by atoms with van der Waals surface area (Å²) in [4.78, 5) is 6.86. The number of fused-ring (bicyclic) bond motifs is 4. The van der Waals surface area contributed by atoms with Crippen molar-refractivity contribution in [3.63, 3.8) is 0 Å². The minimum atomic E-state index is -0.443. The zero-order valence-corrected chi connectivity index (χ0v) is 15.2. The second-order valence-corrected chi connectivity index (χ2v) is 6.61. The molecule has 2 unspecified atom stereocenters. The third-order valence-electron chi connectivity index (χ3n) is 5.52. The Labute approximate surface area is 155 Å². The number of para-hydroxylation sites is 1. The van der Waals surface area contributed by atoms with Crippen LogP contribution < -0.4 is 0 Å². The number of benzene rings is 1. The third kappa shape index (κ3) is 3.18. The van der Waals surface area contributed by atoms with E-state index in [0.29, 0.717) is 11.8 Å². The third-order valence-corrected chi connectivity index (χ3v) is 5.52. The molecule has 4 heterocycles. The van der Waals surface area contributed by atoms with Crippen molar-refractivity contribution in [2.24, 2.45) is 11.8 Å². The van der Waals surface area contributed by atoms with Gasteiger partial charge in [0.15, 0.2) is 0 Å². The average Bonchev–Trinajstić information content (AvgIpc) is 2.60. The molecule has 5 heteroatoms. The number of aromatic nitrogens is 1. The van der Waals surface area contributed by atoms with Gasteiger partial charge in [-0.3, -0.25) is 9.88 Å². The molecule has 3 aliphatic heterocycles. The highest BCUT2D eigenvalue weighted by Crippen LogP contribution is 2.41. The summed E-state index contributed by atoms with van der Waals surface area (Å²) in [7, 11) is 0. The Morgan fingerprint density at radius 1 is 1.25 bits per heavy atom. The fourth-order valence-electron chi connectivity index (χ4n) is 4.29. The lowest BCUT2D eigenvalue weighted by atomic mass is 9.73. The van der Waals surface area contributed by atoms with Crippen LogP contribution in [0.3, 0.4) is 0 Å². The first-order chi connectivity index (χ1) is 10.8. The molecule has 0 spiro atoms. The Kier molecular flexibility index (Phi) is 6.27. The average molecular weight is 367 g/mol. The quantitative estimate of drug-likeness (QED) is 0.833. The Balaban J connectivity index is 0.00000104. The minimum Gasteiger partial charge on any atom is -0.387 e. The van der Waals surface area contributed by atoms with E-state index in [1.54, 1.807) is 0 Å². The Morgan fingerprint density at radius 3 is 2.75 bits per heavy atom. The lowest BCUT2D eigenvalue weighted by Gasteiger charge is -2.50. The van der Waals surface area contributed by atoms with Crippen molar-refractivity contribution in [1.29, 1.82) is 0 Å². The monoisotopic (exact) mass is 366 g/mol. The van der Waals surface area contributed by atoms with Gasteiger partial charge in [0.05, 0.1) is 11.6 Å². The first-order valence-electron chi connectivity index (χ1n) is 8.16. The van der Waals surface area contributed by atoms with Crippen LogP contribution in [0.15, 0.2) is 49.2 Å². The number of hydrogen-bond donors (Lipinski definition) is 1. The van der Waals surface area contributed by atoms with Crippen LogP contribution in [-0.4, -0.2) is 34.1 Å². The lowest BCUT2D eigenvalue weighted by molar-refractivity contribution is -0.0444. The molecule has 3 aliphatic rings. The molecule has 5 atom stereocenters. The van der Waals surface area contributed by atoms with E-state index in [0.717, 1.165) is 36.0 Å². The van der Waals surface area contributed by atoms with Gasteiger partial charge in [0, 0.05) is 24.2 Å². The van der Waals surface area contributed by atoms with Gasteiger partial charge in [-0.05, 0) is 48.9 Å². The van der Waals surface area contributed by atoms with Crippen LogP contribution in [0.1, 0.15) is 24.5 Å². The molecule has 1 N–H and O–H groups in total. The molecular formula is C19H24Cl2N2O. The molecule has 130 valence electrons. The number of aliphatic hydroxyl groups is 1. The van der Waals surface area contributed by atoms with Crippen molar-refractivity contribution >= 4 is 35.7 Å². The van der Waals surface area contributed by atoms with Crippen LogP contribution in [0, 0.1) is 11.8 Å². The molecule has 5 rings (SSSR count). The summed E-state index contributed by atoms with van der Waals surface area (Å²) in [5, 5.41) is 12.1. The van der Waals surface area contributed by atoms with Crippen molar-refractivity contribution in [2.45, 2.75) is 25.0 Å². The van der Waals surface area contributed by atoms with Crippen LogP contribution >= 0.6 is 24.8 Å². The summed E-state index contributed by atoms with van der Waals surface area (Å²) in [6.45, 7) is 6.11. The van der Waals surface area contributed by atoms with E-state index in [2.05, 4.69) is 28.6 Å². The topological polar surface area (TPSA) is 36.4 Å². The number of aliphatic hydroxyl groups excluding tert-OH is 1. The first-order valence-corrected chi connectivity index (χ1v) is 8.16. The smallest absolute Gasteiger partial charge is 0.0952 e. The van der Waals surface area contributed by atoms with E-state index in [9.17, 15) is 5.11 Å². The lowest BCUT2D eigenvalue weighted by Crippen LogP contribution is -2.54. The summed E-state index contributed by atoms with van der Waals surface area (Å²) >= 11 is 0. The van der Waals surface area contributed by atoms with Crippen LogP contribution in [0.25, 0.3) is 10.9 Å². The highest BCUT2D eigenvalue weighted by Gasteiger charge is 2.42. The second-order valence-electron chi connectivity index (χ2n) is 6.61. The summed E-state index contributed by atoms with van der Waals surface area (Å²) in [5.41, 5.74) is 1.97. The predicted molar refractivity (Wildman–Crippen MR) is 103 cm³/mol. The number of pyridine rings is 1. The predicted octanol–water partition coefficient (Wildman–Crippen LogP) is 4.01. The molecule has 2 bridgehead atoms. The van der Waals surface area contributed by atoms with Gasteiger partial charge >= 0.3 is 0 Å². The van der Waals surface area contributed by atoms with Crippen molar-refractivity contribution in [3.8, 4) is 0 Å². The molecule has 0 radical (unpaired) electrons. The van der Waals surface area contributed by atoms with Crippen molar-refractivity contribution in [1.82, 2.24) is 9.88 Å². The second kappa shape index (κ2) is 7.83. The molecule has 0 amide bonds. The van der Waals surface area contributed by atoms with Gasteiger partial charge in [0.25, 0.3) is 0 Å². The number of rotatable bonds is 3. The Bertz CT molecular complexity index is 703. The number of halogens is 2. The van der Waals surface area contributed by atoms with Gasteiger partial charge in [-0.25, -0.2) is 0 Å². The van der Waals surface area contributed by atoms with Gasteiger partial charge in [0.2, 0.25) is 0 Å². The van der Waals surface area contributed by atoms with Gasteiger partial charge in [-0.15, -0.1) is 31.4 Å². The Morgan fingerprint density at radius 2 is 2.04 bits per heavy atom. The normalized spacial score (nSPS) is 29.4. The molecular weight excluding hydrogens is 343 g/mol. The molecule has 1 aromatic heterocycles. The van der Waals surface area contributed by atoms with E-state index in [4.69, 9.17) is 0 Å². The first kappa shape index (κ1) is 19.2. The molecule has 1 aromatic carbocycles. The number of nitrogens with zero attached hydrogens (tertiary/aromatic N) is 2. The fraction of sp³-hybridized carbons (Fsp3) is 0.421. The van der Waals surface area contributed by atoms with Crippen LogP contribution in [-0.2, 0) is 0 Å². The van der Waals surface area contributed by atoms with Gasteiger partial charge < -0.3 is 5.11 Å². The number of hydrogen-bond acceptors (Lipinski definition) is 3. The highest BCUT2D eigenvalue weighted by atomic mass is 35.5. The van der Waals surface area contributed by atoms with E-state index in [-0.39, 0.29) is 30.9 Å². The van der Waals surface area contributed by atoms with Crippen LogP contribution in [0.4, 0.5) is 0 Å². The summed E-state index contributed by atoms with van der Waals surface area (Å²) in [6.07, 6.45) is 5.76. The molecule has 24 heavy (non-hydrogen) atoms. The van der Waals surface area contributed by atoms with Gasteiger partial charge in [-0.1, -0.05) is 24.3 Å². The largest absolute Gasteiger partial charge is 0.387 e. The van der Waals surface area contributed by atoms with Crippen LogP contribution in [0.2, 0.25) is 0 Å². The fourth-order valence-corrected chi connectivity index (χ4v) is 4.29. The highest BCUT2D eigenvalue weighted by molar-refractivity contribution is 5.85. The van der Waals surface area contributed by atoms with Crippen LogP contribution in [0.5, 0.6) is 0 Å². The minimum absolute atomic E-state index is 0. The molecule has 2 aromatic rings. The van der Waals surface area contributed by atoms with E-state index < -0.39 is 6.10 Å². The molecule has 3 nitrogen and oxygen atoms in total. The Hall–Kier alpha value is -1.13. The summed E-state index contributed by atoms with van der Waals surface area (Å²) in [6, 6.07) is 10.3. The maximum Gasteiger partial charge on any atom is 0.0952 e. The van der Waals surface area contributed by atoms with Gasteiger partial charge in [-0.2, -0.15) is 0 Å². The molecule has 3 fully saturated rings. The zero-order valence-electron chi connectivity index (χ0n) is 13.5. The standard InChI is InChI=1S/C19H22N2O.2ClH/c1-2-13-12-21-10-8-14(13)11-18(21)19(22)16-7-9-20-17-6-4-3-5-15(16)17;;/h2-7,9,13-14,18-19,22H,1,8,10-12H2;2*1H/t13-,14?,18-,19+;;/m1../s1. The van der Waals surface area contributed by atoms with Crippen molar-refractivity contribution in [2.75, 3.05) is 13.1 Å². The summed E-state index contributed by atoms with van der Waals surface area (Å²) in [5.74, 6) is 1.27. The maximum absolute atomic E-state index is 11.0. The van der Waals surface area contributed by atoms with Crippen molar-refractivity contribution in [3.05, 3.63) is 54.7 Å². The molecule has 0 aliphatic carbocycles. The van der Waals surface area contributed by atoms with E-state index >= 15 is 0 Å².